The largest absolute Gasteiger partial charge is 0.316 e. The Morgan fingerprint density at radius 2 is 1.89 bits per heavy atom. The second-order valence-corrected chi connectivity index (χ2v) is 6.62. The van der Waals surface area contributed by atoms with E-state index in [2.05, 4.69) is 86.5 Å². The quantitative estimate of drug-likeness (QED) is 0.495. The zero-order valence-electron chi connectivity index (χ0n) is 17.9. The van der Waals surface area contributed by atoms with Crippen molar-refractivity contribution in [1.82, 2.24) is 5.32 Å². The third-order valence-electron chi connectivity index (χ3n) is 4.73. The lowest BCUT2D eigenvalue weighted by Gasteiger charge is -2.14. The lowest BCUT2D eigenvalue weighted by Crippen LogP contribution is -2.11. The van der Waals surface area contributed by atoms with Crippen molar-refractivity contribution in [2.45, 2.75) is 47.0 Å². The Morgan fingerprint density at radius 3 is 2.41 bits per heavy atom. The molecule has 1 heteroatoms. The first-order valence-electron chi connectivity index (χ1n) is 10.4. The van der Waals surface area contributed by atoms with E-state index in [9.17, 15) is 0 Å². The van der Waals surface area contributed by atoms with E-state index in [1.54, 1.807) is 0 Å². The number of benzene rings is 1. The first-order chi connectivity index (χ1) is 13.2. The molecule has 2 rings (SSSR count). The van der Waals surface area contributed by atoms with Gasteiger partial charge in [0.1, 0.15) is 0 Å². The molecule has 0 fully saturated rings. The maximum Gasteiger partial charge on any atom is 0.0208 e. The van der Waals surface area contributed by atoms with E-state index in [-0.39, 0.29) is 0 Å². The van der Waals surface area contributed by atoms with Crippen molar-refractivity contribution in [3.63, 3.8) is 0 Å². The van der Waals surface area contributed by atoms with Gasteiger partial charge in [0, 0.05) is 6.54 Å². The van der Waals surface area contributed by atoms with Crippen LogP contribution in [0, 0.1) is 5.92 Å². The maximum atomic E-state index is 4.27. The van der Waals surface area contributed by atoms with Crippen LogP contribution >= 0.6 is 0 Å². The van der Waals surface area contributed by atoms with Crippen molar-refractivity contribution in [3.8, 4) is 0 Å². The minimum Gasteiger partial charge on any atom is -0.316 e. The predicted octanol–water partition coefficient (Wildman–Crippen LogP) is 6.90. The molecule has 1 aromatic rings. The van der Waals surface area contributed by atoms with Gasteiger partial charge in [-0.2, -0.15) is 0 Å². The fourth-order valence-electron chi connectivity index (χ4n) is 2.91. The van der Waals surface area contributed by atoms with E-state index < -0.39 is 0 Å². The van der Waals surface area contributed by atoms with Crippen LogP contribution < -0.4 is 5.32 Å². The van der Waals surface area contributed by atoms with Gasteiger partial charge in [-0.3, -0.25) is 0 Å². The topological polar surface area (TPSA) is 12.0 Å². The molecular formula is C26H37N. The molecule has 0 radical (unpaired) electrons. The standard InChI is InChI=1S/C24H31N.C2H6/c1-5-20-9-13-22(14-10-20)8-7-19(3)24(18-25-4)17-23-15-11-21(6-2)12-16-23;1-2/h7-11,13-17,21,25H,3,5-6,12,18H2,1-2,4H3;1-2H3/b8-7+,24-17+;. The molecule has 27 heavy (non-hydrogen) atoms. The van der Waals surface area contributed by atoms with E-state index in [1.165, 1.54) is 28.7 Å². The Bertz CT molecular complexity index is 683. The predicted molar refractivity (Wildman–Crippen MR) is 123 cm³/mol. The van der Waals surface area contributed by atoms with E-state index in [0.29, 0.717) is 5.92 Å². The van der Waals surface area contributed by atoms with Crippen LogP contribution in [0.4, 0.5) is 0 Å². The third-order valence-corrected chi connectivity index (χ3v) is 4.73. The van der Waals surface area contributed by atoms with Gasteiger partial charge in [-0.15, -0.1) is 0 Å². The Labute approximate surface area is 167 Å². The summed E-state index contributed by atoms with van der Waals surface area (Å²) in [5.74, 6) is 0.694. The Kier molecular flexibility index (Phi) is 11.1. The molecule has 0 saturated carbocycles. The van der Waals surface area contributed by atoms with Gasteiger partial charge in [-0.05, 0) is 60.1 Å². The number of aryl methyl sites for hydroxylation is 1. The van der Waals surface area contributed by atoms with Crippen molar-refractivity contribution < 1.29 is 0 Å². The summed E-state index contributed by atoms with van der Waals surface area (Å²) in [5.41, 5.74) is 6.16. The fourth-order valence-corrected chi connectivity index (χ4v) is 2.91. The molecule has 1 N–H and O–H groups in total. The minimum atomic E-state index is 0.694. The zero-order chi connectivity index (χ0) is 20.1. The maximum absolute atomic E-state index is 4.27. The van der Waals surface area contributed by atoms with Crippen molar-refractivity contribution in [3.05, 3.63) is 89.1 Å². The molecule has 0 spiro atoms. The molecule has 0 aromatic heterocycles. The SMILES string of the molecule is C=C(/C=C/c1ccc(CC)cc1)/C(=C/C1=CCC(CC)C=C1)CNC.CC. The molecule has 0 amide bonds. The summed E-state index contributed by atoms with van der Waals surface area (Å²) in [6.45, 7) is 13.5. The molecule has 0 saturated heterocycles. The van der Waals surface area contributed by atoms with Crippen LogP contribution in [0.1, 0.15) is 51.7 Å². The van der Waals surface area contributed by atoms with Crippen LogP contribution in [0.15, 0.2) is 77.9 Å². The summed E-state index contributed by atoms with van der Waals surface area (Å²) in [7, 11) is 1.98. The van der Waals surface area contributed by atoms with Gasteiger partial charge in [-0.25, -0.2) is 0 Å². The molecule has 1 nitrogen and oxygen atoms in total. The van der Waals surface area contributed by atoms with Crippen LogP contribution in [0.5, 0.6) is 0 Å². The van der Waals surface area contributed by atoms with Crippen LogP contribution in [0.3, 0.4) is 0 Å². The molecule has 146 valence electrons. The summed E-state index contributed by atoms with van der Waals surface area (Å²) in [5, 5.41) is 3.26. The Balaban J connectivity index is 0.00000176. The van der Waals surface area contributed by atoms with Gasteiger partial charge < -0.3 is 5.32 Å². The highest BCUT2D eigenvalue weighted by atomic mass is 14.8. The van der Waals surface area contributed by atoms with Crippen molar-refractivity contribution in [1.29, 1.82) is 0 Å². The van der Waals surface area contributed by atoms with E-state index in [1.807, 2.05) is 20.9 Å². The van der Waals surface area contributed by atoms with Crippen molar-refractivity contribution >= 4 is 6.08 Å². The summed E-state index contributed by atoms with van der Waals surface area (Å²) >= 11 is 0. The van der Waals surface area contributed by atoms with E-state index in [0.717, 1.165) is 25.0 Å². The van der Waals surface area contributed by atoms with Gasteiger partial charge in [-0.1, -0.05) is 95.0 Å². The van der Waals surface area contributed by atoms with Crippen molar-refractivity contribution in [2.75, 3.05) is 13.6 Å². The number of likely N-dealkylation sites (N-methyl/N-ethyl adjacent to an activating group) is 1. The van der Waals surface area contributed by atoms with Gasteiger partial charge in [0.05, 0.1) is 0 Å². The average molecular weight is 364 g/mol. The molecule has 0 heterocycles. The Morgan fingerprint density at radius 1 is 1.19 bits per heavy atom. The van der Waals surface area contributed by atoms with E-state index in [4.69, 9.17) is 0 Å². The van der Waals surface area contributed by atoms with Crippen LogP contribution in [0.25, 0.3) is 6.08 Å². The molecular weight excluding hydrogens is 326 g/mol. The average Bonchev–Trinajstić information content (AvgIpc) is 2.74. The highest BCUT2D eigenvalue weighted by molar-refractivity contribution is 5.57. The molecule has 0 bridgehead atoms. The molecule has 1 unspecified atom stereocenters. The lowest BCUT2D eigenvalue weighted by molar-refractivity contribution is 0.631. The lowest BCUT2D eigenvalue weighted by atomic mass is 9.93. The highest BCUT2D eigenvalue weighted by Gasteiger charge is 2.06. The van der Waals surface area contributed by atoms with Crippen molar-refractivity contribution in [2.24, 2.45) is 5.92 Å². The number of hydrogen-bond acceptors (Lipinski definition) is 1. The smallest absolute Gasteiger partial charge is 0.0208 e. The first kappa shape index (κ1) is 22.9. The van der Waals surface area contributed by atoms with Crippen LogP contribution in [0.2, 0.25) is 0 Å². The Hall–Kier alpha value is -2.12. The zero-order valence-corrected chi connectivity index (χ0v) is 17.9. The second-order valence-electron chi connectivity index (χ2n) is 6.62. The fraction of sp³-hybridized carbons (Fsp3) is 0.385. The number of rotatable bonds is 8. The second kappa shape index (κ2) is 13.1. The molecule has 1 aromatic carbocycles. The highest BCUT2D eigenvalue weighted by Crippen LogP contribution is 2.22. The monoisotopic (exact) mass is 363 g/mol. The van der Waals surface area contributed by atoms with Gasteiger partial charge in [0.15, 0.2) is 0 Å². The third kappa shape index (κ3) is 7.97. The van der Waals surface area contributed by atoms with E-state index >= 15 is 0 Å². The number of allylic oxidation sites excluding steroid dienone is 6. The molecule has 0 aliphatic heterocycles. The minimum absolute atomic E-state index is 0.694. The summed E-state index contributed by atoms with van der Waals surface area (Å²) in [4.78, 5) is 0. The molecule has 1 aliphatic carbocycles. The summed E-state index contributed by atoms with van der Waals surface area (Å²) in [6, 6.07) is 8.71. The number of hydrogen-bond donors (Lipinski definition) is 1. The van der Waals surface area contributed by atoms with Gasteiger partial charge in [0.25, 0.3) is 0 Å². The van der Waals surface area contributed by atoms with Gasteiger partial charge in [0.2, 0.25) is 0 Å². The number of nitrogens with one attached hydrogen (secondary N) is 1. The molecule has 1 atom stereocenters. The summed E-state index contributed by atoms with van der Waals surface area (Å²) < 4.78 is 0. The van der Waals surface area contributed by atoms with Crippen LogP contribution in [-0.2, 0) is 6.42 Å². The summed E-state index contributed by atoms with van der Waals surface area (Å²) in [6.07, 6.45) is 16.8. The first-order valence-corrected chi connectivity index (χ1v) is 10.4. The van der Waals surface area contributed by atoms with Crippen LogP contribution in [-0.4, -0.2) is 13.6 Å². The van der Waals surface area contributed by atoms with Gasteiger partial charge >= 0.3 is 0 Å². The molecule has 1 aliphatic rings. The normalized spacial score (nSPS) is 16.7.